The number of likely N-dealkylation sites (N-methyl/N-ethyl adjacent to an activating group) is 1. The Balaban J connectivity index is 1.60. The quantitative estimate of drug-likeness (QED) is 0.637. The lowest BCUT2D eigenvalue weighted by Gasteiger charge is -2.31. The summed E-state index contributed by atoms with van der Waals surface area (Å²) >= 11 is 0. The Kier molecular flexibility index (Phi) is 8.04. The summed E-state index contributed by atoms with van der Waals surface area (Å²) in [6, 6.07) is 11.3. The van der Waals surface area contributed by atoms with Crippen molar-refractivity contribution >= 4 is 18.4 Å². The Labute approximate surface area is 186 Å². The molecule has 1 aliphatic heterocycles. The summed E-state index contributed by atoms with van der Waals surface area (Å²) < 4.78 is 12.2. The molecule has 1 aliphatic rings. The van der Waals surface area contributed by atoms with Crippen molar-refractivity contribution in [2.45, 2.75) is 25.3 Å². The molecule has 1 fully saturated rings. The van der Waals surface area contributed by atoms with E-state index >= 15 is 0 Å². The molecule has 6 nitrogen and oxygen atoms in total. The smallest absolute Gasteiger partial charge is 0.253 e. The number of carbonyl (C=O) groups is 1. The predicted octanol–water partition coefficient (Wildman–Crippen LogP) is 3.00. The normalized spacial score (nSPS) is 15.7. The first kappa shape index (κ1) is 23.6. The van der Waals surface area contributed by atoms with Gasteiger partial charge in [-0.25, -0.2) is 0 Å². The third kappa shape index (κ3) is 6.49. The number of carbonyl (C=O) groups excluding carboxylic acids is 1. The Hall–Kier alpha value is -2.01. The van der Waals surface area contributed by atoms with E-state index < -0.39 is 7.14 Å². The highest BCUT2D eigenvalue weighted by Crippen LogP contribution is 2.34. The fourth-order valence-electron chi connectivity index (χ4n) is 4.07. The van der Waals surface area contributed by atoms with Crippen molar-refractivity contribution in [2.24, 2.45) is 0 Å². The molecule has 2 heterocycles. The molecular weight excluding hydrogens is 407 g/mol. The largest absolute Gasteiger partial charge is 0.337 e. The fourth-order valence-corrected chi connectivity index (χ4v) is 4.93. The number of hydrogen-bond donors (Lipinski definition) is 1. The molecule has 0 radical (unpaired) electrons. The molecular formula is C24H35N4O2P. The lowest BCUT2D eigenvalue weighted by Crippen LogP contribution is -2.37. The van der Waals surface area contributed by atoms with Crippen LogP contribution in [-0.2, 0) is 11.1 Å². The van der Waals surface area contributed by atoms with Crippen molar-refractivity contribution in [3.05, 3.63) is 59.4 Å². The van der Waals surface area contributed by atoms with Gasteiger partial charge in [0.25, 0.3) is 5.91 Å². The second kappa shape index (κ2) is 10.5. The molecule has 0 unspecified atom stereocenters. The van der Waals surface area contributed by atoms with Gasteiger partial charge in [-0.05, 0) is 76.1 Å². The van der Waals surface area contributed by atoms with E-state index in [2.05, 4.69) is 21.3 Å². The van der Waals surface area contributed by atoms with Crippen LogP contribution in [0.2, 0.25) is 0 Å². The molecule has 3 rings (SSSR count). The van der Waals surface area contributed by atoms with E-state index in [1.54, 1.807) is 42.5 Å². The number of pyridine rings is 1. The van der Waals surface area contributed by atoms with Crippen molar-refractivity contribution < 1.29 is 9.36 Å². The van der Waals surface area contributed by atoms with Gasteiger partial charge in [0, 0.05) is 55.4 Å². The molecule has 168 valence electrons. The molecule has 1 N–H and O–H groups in total. The maximum atomic E-state index is 12.8. The van der Waals surface area contributed by atoms with Crippen LogP contribution in [-0.4, -0.2) is 74.3 Å². The van der Waals surface area contributed by atoms with E-state index in [0.29, 0.717) is 18.0 Å². The Morgan fingerprint density at radius 2 is 1.87 bits per heavy atom. The Bertz CT molecular complexity index is 917. The standard InChI is InChI=1S/C24H35N4O2P/c1-25-13-16-28-14-10-20(11-15-28)23-17-19(9-12-26-23)18-27(2)24(29)21-5-7-22(8-6-21)31(3,4)30/h5-9,12,17,20,25H,10-11,13-16,18H2,1-4H3. The van der Waals surface area contributed by atoms with Crippen molar-refractivity contribution in [1.82, 2.24) is 20.1 Å². The maximum Gasteiger partial charge on any atom is 0.253 e. The molecule has 0 bridgehead atoms. The second-order valence-electron chi connectivity index (χ2n) is 8.87. The molecule has 0 saturated carbocycles. The lowest BCUT2D eigenvalue weighted by atomic mass is 9.92. The second-order valence-corrected chi connectivity index (χ2v) is 12.1. The number of nitrogens with zero attached hydrogens (tertiary/aromatic N) is 3. The van der Waals surface area contributed by atoms with E-state index in [-0.39, 0.29) is 5.91 Å². The molecule has 31 heavy (non-hydrogen) atoms. The zero-order valence-electron chi connectivity index (χ0n) is 19.2. The minimum absolute atomic E-state index is 0.0372. The number of amides is 1. The summed E-state index contributed by atoms with van der Waals surface area (Å²) in [5, 5.41) is 4.01. The number of piperidine rings is 1. The van der Waals surface area contributed by atoms with Crippen LogP contribution in [0.1, 0.15) is 40.4 Å². The average molecular weight is 443 g/mol. The Morgan fingerprint density at radius 1 is 1.19 bits per heavy atom. The highest BCUT2D eigenvalue weighted by Gasteiger charge is 2.22. The summed E-state index contributed by atoms with van der Waals surface area (Å²) in [4.78, 5) is 21.7. The van der Waals surface area contributed by atoms with Gasteiger partial charge in [0.1, 0.15) is 7.14 Å². The molecule has 1 saturated heterocycles. The number of nitrogens with one attached hydrogen (secondary N) is 1. The van der Waals surface area contributed by atoms with Gasteiger partial charge in [-0.1, -0.05) is 12.1 Å². The van der Waals surface area contributed by atoms with E-state index in [1.165, 1.54) is 0 Å². The van der Waals surface area contributed by atoms with Gasteiger partial charge >= 0.3 is 0 Å². The zero-order chi connectivity index (χ0) is 22.4. The lowest BCUT2D eigenvalue weighted by molar-refractivity contribution is 0.0785. The molecule has 0 spiro atoms. The van der Waals surface area contributed by atoms with E-state index in [4.69, 9.17) is 0 Å². The highest BCUT2D eigenvalue weighted by molar-refractivity contribution is 7.70. The summed E-state index contributed by atoms with van der Waals surface area (Å²) in [5.41, 5.74) is 2.85. The van der Waals surface area contributed by atoms with Gasteiger partial charge < -0.3 is 19.7 Å². The molecule has 1 aromatic heterocycles. The van der Waals surface area contributed by atoms with Crippen LogP contribution < -0.4 is 10.6 Å². The van der Waals surface area contributed by atoms with Crippen LogP contribution in [0.4, 0.5) is 0 Å². The molecule has 0 aliphatic carbocycles. The number of rotatable bonds is 8. The highest BCUT2D eigenvalue weighted by atomic mass is 31.2. The van der Waals surface area contributed by atoms with Gasteiger partial charge in [-0.15, -0.1) is 0 Å². The molecule has 1 aromatic carbocycles. The van der Waals surface area contributed by atoms with Crippen LogP contribution in [0.3, 0.4) is 0 Å². The summed E-state index contributed by atoms with van der Waals surface area (Å²) in [5.74, 6) is 0.447. The maximum absolute atomic E-state index is 12.8. The third-order valence-electron chi connectivity index (χ3n) is 6.03. The minimum atomic E-state index is -2.31. The number of benzene rings is 1. The summed E-state index contributed by atoms with van der Waals surface area (Å²) in [7, 11) is 1.50. The first-order valence-electron chi connectivity index (χ1n) is 11.0. The zero-order valence-corrected chi connectivity index (χ0v) is 20.1. The first-order chi connectivity index (χ1) is 14.8. The van der Waals surface area contributed by atoms with Crippen LogP contribution in [0.5, 0.6) is 0 Å². The number of hydrogen-bond acceptors (Lipinski definition) is 5. The first-order valence-corrected chi connectivity index (χ1v) is 13.6. The predicted molar refractivity (Wildman–Crippen MR) is 128 cm³/mol. The van der Waals surface area contributed by atoms with Crippen molar-refractivity contribution in [1.29, 1.82) is 0 Å². The van der Waals surface area contributed by atoms with Gasteiger partial charge in [-0.3, -0.25) is 9.78 Å². The van der Waals surface area contributed by atoms with Crippen molar-refractivity contribution in [3.8, 4) is 0 Å². The van der Waals surface area contributed by atoms with Gasteiger partial charge in [0.05, 0.1) is 0 Å². The van der Waals surface area contributed by atoms with Crippen LogP contribution >= 0.6 is 7.14 Å². The van der Waals surface area contributed by atoms with Gasteiger partial charge in [-0.2, -0.15) is 0 Å². The number of aromatic nitrogens is 1. The van der Waals surface area contributed by atoms with Crippen LogP contribution in [0.25, 0.3) is 0 Å². The molecule has 0 atom stereocenters. The molecule has 2 aromatic rings. The molecule has 7 heteroatoms. The fraction of sp³-hybridized carbons (Fsp3) is 0.500. The summed E-state index contributed by atoms with van der Waals surface area (Å²) in [6.07, 6.45) is 4.12. The van der Waals surface area contributed by atoms with Crippen molar-refractivity contribution in [3.63, 3.8) is 0 Å². The van der Waals surface area contributed by atoms with E-state index in [1.807, 2.05) is 26.4 Å². The topological polar surface area (TPSA) is 65.5 Å². The number of likely N-dealkylation sites (tertiary alicyclic amines) is 1. The summed E-state index contributed by atoms with van der Waals surface area (Å²) in [6.45, 7) is 8.35. The minimum Gasteiger partial charge on any atom is -0.337 e. The van der Waals surface area contributed by atoms with Gasteiger partial charge in [0.15, 0.2) is 0 Å². The average Bonchev–Trinajstić information content (AvgIpc) is 2.77. The molecule has 1 amide bonds. The van der Waals surface area contributed by atoms with Gasteiger partial charge in [0.2, 0.25) is 0 Å². The van der Waals surface area contributed by atoms with E-state index in [9.17, 15) is 9.36 Å². The van der Waals surface area contributed by atoms with Crippen LogP contribution in [0.15, 0.2) is 42.6 Å². The third-order valence-corrected chi connectivity index (χ3v) is 7.57. The van der Waals surface area contributed by atoms with Crippen molar-refractivity contribution in [2.75, 3.05) is 53.6 Å². The Morgan fingerprint density at radius 3 is 2.48 bits per heavy atom. The SMILES string of the molecule is CNCCN1CCC(c2cc(CN(C)C(=O)c3ccc(P(C)(C)=O)cc3)ccn2)CC1. The van der Waals surface area contributed by atoms with E-state index in [0.717, 1.165) is 55.6 Å². The monoisotopic (exact) mass is 442 g/mol. The van der Waals surface area contributed by atoms with Crippen LogP contribution in [0, 0.1) is 0 Å².